The SMILES string of the molecule is CCCCc1nnc(SCc2ccc(C(C)(C)C)cc2)n1N. The second-order valence-electron chi connectivity index (χ2n) is 6.61. The van der Waals surface area contributed by atoms with Gasteiger partial charge in [0.05, 0.1) is 0 Å². The first-order chi connectivity index (χ1) is 10.4. The van der Waals surface area contributed by atoms with Gasteiger partial charge in [-0.05, 0) is 23.0 Å². The summed E-state index contributed by atoms with van der Waals surface area (Å²) in [6.07, 6.45) is 3.12. The molecule has 1 heterocycles. The van der Waals surface area contributed by atoms with Crippen LogP contribution in [0.4, 0.5) is 0 Å². The largest absolute Gasteiger partial charge is 0.336 e. The molecule has 1 aromatic heterocycles. The van der Waals surface area contributed by atoms with Crippen LogP contribution < -0.4 is 5.84 Å². The number of thioether (sulfide) groups is 1. The van der Waals surface area contributed by atoms with Gasteiger partial charge in [-0.3, -0.25) is 0 Å². The van der Waals surface area contributed by atoms with E-state index >= 15 is 0 Å². The molecule has 5 heteroatoms. The van der Waals surface area contributed by atoms with Crippen molar-refractivity contribution in [2.45, 2.75) is 63.3 Å². The molecule has 0 saturated carbocycles. The molecule has 0 amide bonds. The standard InChI is InChI=1S/C17H26N4S/c1-5-6-7-15-19-20-16(21(15)18)22-12-13-8-10-14(11-9-13)17(2,3)4/h8-11H,5-7,12,18H2,1-4H3. The summed E-state index contributed by atoms with van der Waals surface area (Å²) in [6, 6.07) is 8.77. The summed E-state index contributed by atoms with van der Waals surface area (Å²) in [5, 5.41) is 9.15. The van der Waals surface area contributed by atoms with Gasteiger partial charge in [0.2, 0.25) is 5.16 Å². The minimum atomic E-state index is 0.192. The maximum Gasteiger partial charge on any atom is 0.210 e. The van der Waals surface area contributed by atoms with Crippen molar-refractivity contribution in [1.29, 1.82) is 0 Å². The Morgan fingerprint density at radius 2 is 1.82 bits per heavy atom. The minimum absolute atomic E-state index is 0.192. The molecule has 2 rings (SSSR count). The number of unbranched alkanes of at least 4 members (excludes halogenated alkanes) is 1. The van der Waals surface area contributed by atoms with Crippen molar-refractivity contribution >= 4 is 11.8 Å². The first kappa shape index (κ1) is 16.9. The predicted octanol–water partition coefficient (Wildman–Crippen LogP) is 3.92. The number of benzene rings is 1. The lowest BCUT2D eigenvalue weighted by Crippen LogP contribution is -2.14. The zero-order chi connectivity index (χ0) is 16.2. The Labute approximate surface area is 137 Å². The van der Waals surface area contributed by atoms with E-state index in [4.69, 9.17) is 5.84 Å². The van der Waals surface area contributed by atoms with Crippen LogP contribution >= 0.6 is 11.8 Å². The van der Waals surface area contributed by atoms with E-state index in [2.05, 4.69) is 62.2 Å². The zero-order valence-electron chi connectivity index (χ0n) is 14.0. The summed E-state index contributed by atoms with van der Waals surface area (Å²) in [4.78, 5) is 0. The van der Waals surface area contributed by atoms with Gasteiger partial charge in [0.25, 0.3) is 0 Å². The predicted molar refractivity (Wildman–Crippen MR) is 93.5 cm³/mol. The summed E-state index contributed by atoms with van der Waals surface area (Å²) in [6.45, 7) is 8.84. The first-order valence-corrected chi connectivity index (χ1v) is 8.82. The third-order valence-corrected chi connectivity index (χ3v) is 4.69. The Kier molecular flexibility index (Phi) is 5.51. The van der Waals surface area contributed by atoms with Crippen molar-refractivity contribution < 1.29 is 0 Å². The molecule has 0 bridgehead atoms. The fourth-order valence-corrected chi connectivity index (χ4v) is 2.99. The van der Waals surface area contributed by atoms with Crippen LogP contribution in [-0.2, 0) is 17.6 Å². The molecule has 0 unspecified atom stereocenters. The normalized spacial score (nSPS) is 11.8. The molecule has 0 aliphatic carbocycles. The van der Waals surface area contributed by atoms with Crippen LogP contribution in [0.5, 0.6) is 0 Å². The molecule has 22 heavy (non-hydrogen) atoms. The number of nitrogens with two attached hydrogens (primary N) is 1. The highest BCUT2D eigenvalue weighted by molar-refractivity contribution is 7.98. The summed E-state index contributed by atoms with van der Waals surface area (Å²) >= 11 is 1.63. The number of rotatable bonds is 6. The van der Waals surface area contributed by atoms with E-state index in [-0.39, 0.29) is 5.41 Å². The maximum absolute atomic E-state index is 6.06. The zero-order valence-corrected chi connectivity index (χ0v) is 14.8. The molecule has 0 saturated heterocycles. The fourth-order valence-electron chi connectivity index (χ4n) is 2.16. The van der Waals surface area contributed by atoms with E-state index in [1.807, 2.05) is 0 Å². The molecule has 0 radical (unpaired) electrons. The summed E-state index contributed by atoms with van der Waals surface area (Å²) in [5.41, 5.74) is 2.82. The molecule has 0 aliphatic heterocycles. The van der Waals surface area contributed by atoms with Crippen molar-refractivity contribution in [2.75, 3.05) is 5.84 Å². The summed E-state index contributed by atoms with van der Waals surface area (Å²) in [7, 11) is 0. The van der Waals surface area contributed by atoms with Gasteiger partial charge >= 0.3 is 0 Å². The number of nitrogen functional groups attached to an aromatic ring is 1. The van der Waals surface area contributed by atoms with Gasteiger partial charge in [0.1, 0.15) is 0 Å². The van der Waals surface area contributed by atoms with Crippen molar-refractivity contribution in [1.82, 2.24) is 14.9 Å². The van der Waals surface area contributed by atoms with Crippen LogP contribution in [0.1, 0.15) is 57.5 Å². The molecule has 0 fully saturated rings. The Morgan fingerprint density at radius 1 is 1.14 bits per heavy atom. The van der Waals surface area contributed by atoms with Gasteiger partial charge in [-0.15, -0.1) is 10.2 Å². The summed E-state index contributed by atoms with van der Waals surface area (Å²) in [5.74, 6) is 7.78. The molecule has 120 valence electrons. The van der Waals surface area contributed by atoms with E-state index in [0.717, 1.165) is 36.0 Å². The van der Waals surface area contributed by atoms with Crippen LogP contribution in [0.2, 0.25) is 0 Å². The van der Waals surface area contributed by atoms with Crippen LogP contribution in [0.15, 0.2) is 29.4 Å². The van der Waals surface area contributed by atoms with E-state index in [9.17, 15) is 0 Å². The molecular formula is C17H26N4S. The number of hydrogen-bond donors (Lipinski definition) is 1. The minimum Gasteiger partial charge on any atom is -0.336 e. The van der Waals surface area contributed by atoms with Gasteiger partial charge in [-0.25, -0.2) is 4.68 Å². The van der Waals surface area contributed by atoms with E-state index in [1.54, 1.807) is 16.4 Å². The number of nitrogens with zero attached hydrogens (tertiary/aromatic N) is 3. The van der Waals surface area contributed by atoms with Crippen molar-refractivity contribution in [3.8, 4) is 0 Å². The third-order valence-electron chi connectivity index (χ3n) is 3.68. The van der Waals surface area contributed by atoms with E-state index < -0.39 is 0 Å². The quantitative estimate of drug-likeness (QED) is 0.648. The maximum atomic E-state index is 6.06. The Bertz CT molecular complexity index is 596. The topological polar surface area (TPSA) is 56.7 Å². The van der Waals surface area contributed by atoms with E-state index in [1.165, 1.54) is 11.1 Å². The molecule has 0 spiro atoms. The van der Waals surface area contributed by atoms with Gasteiger partial charge in [-0.2, -0.15) is 0 Å². The lowest BCUT2D eigenvalue weighted by molar-refractivity contribution is 0.590. The number of hydrogen-bond acceptors (Lipinski definition) is 4. The average molecular weight is 318 g/mol. The van der Waals surface area contributed by atoms with Gasteiger partial charge in [0, 0.05) is 12.2 Å². The van der Waals surface area contributed by atoms with Crippen LogP contribution in [0.25, 0.3) is 0 Å². The Balaban J connectivity index is 1.97. The Hall–Kier alpha value is -1.49. The van der Waals surface area contributed by atoms with Gasteiger partial charge < -0.3 is 5.84 Å². The lowest BCUT2D eigenvalue weighted by atomic mass is 9.87. The molecule has 4 nitrogen and oxygen atoms in total. The smallest absolute Gasteiger partial charge is 0.210 e. The van der Waals surface area contributed by atoms with E-state index in [0.29, 0.717) is 0 Å². The van der Waals surface area contributed by atoms with Crippen molar-refractivity contribution in [3.05, 3.63) is 41.2 Å². The fraction of sp³-hybridized carbons (Fsp3) is 0.529. The van der Waals surface area contributed by atoms with Crippen LogP contribution in [0.3, 0.4) is 0 Å². The monoisotopic (exact) mass is 318 g/mol. The second kappa shape index (κ2) is 7.18. The highest BCUT2D eigenvalue weighted by atomic mass is 32.2. The molecule has 0 atom stereocenters. The van der Waals surface area contributed by atoms with Gasteiger partial charge in [-0.1, -0.05) is 70.1 Å². The lowest BCUT2D eigenvalue weighted by Gasteiger charge is -2.19. The van der Waals surface area contributed by atoms with Crippen molar-refractivity contribution in [2.24, 2.45) is 0 Å². The number of aryl methyl sites for hydroxylation is 1. The van der Waals surface area contributed by atoms with Crippen LogP contribution in [0, 0.1) is 0 Å². The molecule has 1 aromatic carbocycles. The molecule has 0 aliphatic rings. The van der Waals surface area contributed by atoms with Crippen molar-refractivity contribution in [3.63, 3.8) is 0 Å². The third kappa shape index (κ3) is 4.26. The summed E-state index contributed by atoms with van der Waals surface area (Å²) < 4.78 is 1.63. The highest BCUT2D eigenvalue weighted by Gasteiger charge is 2.13. The molecular weight excluding hydrogens is 292 g/mol. The Morgan fingerprint density at radius 3 is 2.41 bits per heavy atom. The molecule has 2 aromatic rings. The first-order valence-electron chi connectivity index (χ1n) is 7.83. The van der Waals surface area contributed by atoms with Gasteiger partial charge in [0.15, 0.2) is 5.82 Å². The molecule has 2 N–H and O–H groups in total. The average Bonchev–Trinajstić information content (AvgIpc) is 2.83. The second-order valence-corrected chi connectivity index (χ2v) is 7.55. The number of aromatic nitrogens is 3. The van der Waals surface area contributed by atoms with Crippen LogP contribution in [-0.4, -0.2) is 14.9 Å². The highest BCUT2D eigenvalue weighted by Crippen LogP contribution is 2.25.